The number of carbonyl (C=O) groups excluding carboxylic acids is 1. The maximum Gasteiger partial charge on any atom is 0.234 e. The first-order valence-corrected chi connectivity index (χ1v) is 11.6. The van der Waals surface area contributed by atoms with Gasteiger partial charge in [0.05, 0.1) is 23.7 Å². The largest absolute Gasteiger partial charge is 0.383 e. The third-order valence-corrected chi connectivity index (χ3v) is 6.79. The molecule has 5 nitrogen and oxygen atoms in total. The number of anilines is 1. The highest BCUT2D eigenvalue weighted by molar-refractivity contribution is 8.00. The smallest absolute Gasteiger partial charge is 0.234 e. The SMILES string of the molecule is COCCn1c(SCC(=O)Nc2ccccc2Sc2ccc(Cl)cc2)nc(C)c1C. The van der Waals surface area contributed by atoms with Gasteiger partial charge < -0.3 is 14.6 Å². The zero-order valence-electron chi connectivity index (χ0n) is 17.1. The van der Waals surface area contributed by atoms with Crippen LogP contribution < -0.4 is 5.32 Å². The summed E-state index contributed by atoms with van der Waals surface area (Å²) in [5, 5.41) is 4.56. The average Bonchev–Trinajstić information content (AvgIpc) is 3.01. The van der Waals surface area contributed by atoms with Crippen molar-refractivity contribution < 1.29 is 9.53 Å². The molecule has 0 bridgehead atoms. The van der Waals surface area contributed by atoms with Gasteiger partial charge in [-0.1, -0.05) is 47.3 Å². The van der Waals surface area contributed by atoms with E-state index in [-0.39, 0.29) is 11.7 Å². The third-order valence-electron chi connectivity index (χ3n) is 4.48. The highest BCUT2D eigenvalue weighted by atomic mass is 35.5. The number of halogens is 1. The van der Waals surface area contributed by atoms with E-state index in [0.29, 0.717) is 18.2 Å². The number of nitrogens with zero attached hydrogens (tertiary/aromatic N) is 2. The lowest BCUT2D eigenvalue weighted by atomic mass is 10.3. The molecular formula is C22H24ClN3O2S2. The standard InChI is InChI=1S/C22H24ClN3O2S2/c1-15-16(2)26(12-13-28-3)22(24-15)29-14-21(27)25-19-6-4-5-7-20(19)30-18-10-8-17(23)9-11-18/h4-11H,12-14H2,1-3H3,(H,25,27). The van der Waals surface area contributed by atoms with E-state index < -0.39 is 0 Å². The monoisotopic (exact) mass is 461 g/mol. The van der Waals surface area contributed by atoms with Crippen LogP contribution in [0.2, 0.25) is 5.02 Å². The molecule has 1 N–H and O–H groups in total. The second kappa shape index (κ2) is 10.9. The molecule has 0 radical (unpaired) electrons. The quantitative estimate of drug-likeness (QED) is 0.415. The fourth-order valence-corrected chi connectivity index (χ4v) is 4.73. The Morgan fingerprint density at radius 3 is 2.63 bits per heavy atom. The summed E-state index contributed by atoms with van der Waals surface area (Å²) in [6.45, 7) is 5.33. The van der Waals surface area contributed by atoms with Crippen LogP contribution >= 0.6 is 35.1 Å². The molecule has 1 amide bonds. The van der Waals surface area contributed by atoms with E-state index in [2.05, 4.69) is 14.9 Å². The minimum atomic E-state index is -0.0687. The number of amides is 1. The van der Waals surface area contributed by atoms with Crippen molar-refractivity contribution in [2.24, 2.45) is 0 Å². The molecule has 3 rings (SSSR count). The minimum Gasteiger partial charge on any atom is -0.383 e. The Hall–Kier alpha value is -1.93. The van der Waals surface area contributed by atoms with Gasteiger partial charge in [0.25, 0.3) is 0 Å². The summed E-state index contributed by atoms with van der Waals surface area (Å²) in [4.78, 5) is 19.3. The molecule has 8 heteroatoms. The lowest BCUT2D eigenvalue weighted by Crippen LogP contribution is -2.15. The van der Waals surface area contributed by atoms with Crippen molar-refractivity contribution in [3.05, 3.63) is 64.9 Å². The number of imidazole rings is 1. The predicted molar refractivity (Wildman–Crippen MR) is 125 cm³/mol. The van der Waals surface area contributed by atoms with Crippen LogP contribution in [-0.2, 0) is 16.1 Å². The normalized spacial score (nSPS) is 10.9. The van der Waals surface area contributed by atoms with Gasteiger partial charge in [-0.05, 0) is 50.2 Å². The highest BCUT2D eigenvalue weighted by Gasteiger charge is 2.14. The second-order valence-electron chi connectivity index (χ2n) is 6.60. The summed E-state index contributed by atoms with van der Waals surface area (Å²) in [6.07, 6.45) is 0. The van der Waals surface area contributed by atoms with Gasteiger partial charge in [0.15, 0.2) is 5.16 Å². The zero-order valence-corrected chi connectivity index (χ0v) is 19.5. The number of hydrogen-bond donors (Lipinski definition) is 1. The van der Waals surface area contributed by atoms with Crippen LogP contribution in [0.5, 0.6) is 0 Å². The average molecular weight is 462 g/mol. The van der Waals surface area contributed by atoms with E-state index in [0.717, 1.165) is 32.0 Å². The van der Waals surface area contributed by atoms with Crippen molar-refractivity contribution in [2.75, 3.05) is 24.8 Å². The fraction of sp³-hybridized carbons (Fsp3) is 0.273. The van der Waals surface area contributed by atoms with Gasteiger partial charge in [-0.2, -0.15) is 0 Å². The van der Waals surface area contributed by atoms with E-state index in [1.54, 1.807) is 18.9 Å². The molecule has 158 valence electrons. The molecule has 0 spiro atoms. The Balaban J connectivity index is 1.65. The van der Waals surface area contributed by atoms with Crippen LogP contribution in [-0.4, -0.2) is 34.9 Å². The molecule has 3 aromatic rings. The molecule has 0 fully saturated rings. The summed E-state index contributed by atoms with van der Waals surface area (Å²) in [7, 11) is 1.68. The Morgan fingerprint density at radius 2 is 1.90 bits per heavy atom. The lowest BCUT2D eigenvalue weighted by Gasteiger charge is -2.12. The number of ether oxygens (including phenoxy) is 1. The van der Waals surface area contributed by atoms with E-state index in [1.807, 2.05) is 62.4 Å². The van der Waals surface area contributed by atoms with Crippen LogP contribution in [0.15, 0.2) is 63.5 Å². The molecule has 0 atom stereocenters. The van der Waals surface area contributed by atoms with Gasteiger partial charge in [-0.15, -0.1) is 0 Å². The van der Waals surface area contributed by atoms with Crippen molar-refractivity contribution >= 4 is 46.7 Å². The summed E-state index contributed by atoms with van der Waals surface area (Å²) in [5.74, 6) is 0.212. The Morgan fingerprint density at radius 1 is 1.17 bits per heavy atom. The van der Waals surface area contributed by atoms with Crippen molar-refractivity contribution in [3.8, 4) is 0 Å². The first-order chi connectivity index (χ1) is 14.5. The third kappa shape index (κ3) is 6.04. The van der Waals surface area contributed by atoms with E-state index in [4.69, 9.17) is 16.3 Å². The number of carbonyl (C=O) groups is 1. The highest BCUT2D eigenvalue weighted by Crippen LogP contribution is 2.34. The van der Waals surface area contributed by atoms with Gasteiger partial charge in [0.2, 0.25) is 5.91 Å². The van der Waals surface area contributed by atoms with Crippen molar-refractivity contribution in [2.45, 2.75) is 35.3 Å². The van der Waals surface area contributed by atoms with Crippen LogP contribution in [0.25, 0.3) is 0 Å². The number of thioether (sulfide) groups is 1. The predicted octanol–water partition coefficient (Wildman–Crippen LogP) is 5.68. The second-order valence-corrected chi connectivity index (χ2v) is 9.09. The molecule has 1 aromatic heterocycles. The van der Waals surface area contributed by atoms with Gasteiger partial charge in [0.1, 0.15) is 0 Å². The Kier molecular flexibility index (Phi) is 8.27. The van der Waals surface area contributed by atoms with Gasteiger partial charge in [-0.3, -0.25) is 4.79 Å². The minimum absolute atomic E-state index is 0.0687. The maximum atomic E-state index is 12.6. The summed E-state index contributed by atoms with van der Waals surface area (Å²) in [5.41, 5.74) is 2.86. The van der Waals surface area contributed by atoms with E-state index in [9.17, 15) is 4.79 Å². The van der Waals surface area contributed by atoms with Crippen molar-refractivity contribution in [1.29, 1.82) is 0 Å². The Bertz CT molecular complexity index is 1010. The van der Waals surface area contributed by atoms with Gasteiger partial charge >= 0.3 is 0 Å². The first-order valence-electron chi connectivity index (χ1n) is 9.45. The molecule has 0 aliphatic heterocycles. The maximum absolute atomic E-state index is 12.6. The number of aromatic nitrogens is 2. The van der Waals surface area contributed by atoms with Gasteiger partial charge in [-0.25, -0.2) is 4.98 Å². The summed E-state index contributed by atoms with van der Waals surface area (Å²) in [6, 6.07) is 15.4. The molecule has 2 aromatic carbocycles. The number of methoxy groups -OCH3 is 1. The van der Waals surface area contributed by atoms with Crippen LogP contribution in [0.3, 0.4) is 0 Å². The molecule has 1 heterocycles. The van der Waals surface area contributed by atoms with Crippen molar-refractivity contribution in [3.63, 3.8) is 0 Å². The van der Waals surface area contributed by atoms with Crippen molar-refractivity contribution in [1.82, 2.24) is 9.55 Å². The molecule has 30 heavy (non-hydrogen) atoms. The molecule has 0 saturated heterocycles. The van der Waals surface area contributed by atoms with Crippen LogP contribution in [0.1, 0.15) is 11.4 Å². The summed E-state index contributed by atoms with van der Waals surface area (Å²) < 4.78 is 7.29. The molecule has 0 saturated carbocycles. The lowest BCUT2D eigenvalue weighted by molar-refractivity contribution is -0.113. The first kappa shape index (κ1) is 22.7. The number of benzene rings is 2. The van der Waals surface area contributed by atoms with Gasteiger partial charge in [0, 0.05) is 34.2 Å². The molecular weight excluding hydrogens is 438 g/mol. The number of aryl methyl sites for hydroxylation is 1. The van der Waals surface area contributed by atoms with E-state index in [1.165, 1.54) is 11.8 Å². The number of para-hydroxylation sites is 1. The van der Waals surface area contributed by atoms with E-state index >= 15 is 0 Å². The Labute approximate surface area is 190 Å². The van der Waals surface area contributed by atoms with Crippen LogP contribution in [0, 0.1) is 13.8 Å². The fourth-order valence-electron chi connectivity index (χ4n) is 2.78. The summed E-state index contributed by atoms with van der Waals surface area (Å²) >= 11 is 8.99. The molecule has 0 unspecified atom stereocenters. The molecule has 0 aliphatic carbocycles. The number of rotatable bonds is 9. The topological polar surface area (TPSA) is 56.1 Å². The molecule has 0 aliphatic rings. The van der Waals surface area contributed by atoms with Crippen LogP contribution in [0.4, 0.5) is 5.69 Å². The number of nitrogens with one attached hydrogen (secondary N) is 1. The zero-order chi connectivity index (χ0) is 21.5. The number of hydrogen-bond acceptors (Lipinski definition) is 5.